The lowest BCUT2D eigenvalue weighted by molar-refractivity contribution is -0.148. The van der Waals surface area contributed by atoms with Crippen LogP contribution in [0.4, 0.5) is 11.4 Å². The predicted molar refractivity (Wildman–Crippen MR) is 219 cm³/mol. The highest BCUT2D eigenvalue weighted by atomic mass is 16.5. The molecule has 56 heavy (non-hydrogen) atoms. The summed E-state index contributed by atoms with van der Waals surface area (Å²) >= 11 is 0. The molecule has 2 unspecified atom stereocenters. The third kappa shape index (κ3) is 15.7. The molecule has 298 valence electrons. The van der Waals surface area contributed by atoms with Crippen molar-refractivity contribution in [2.24, 2.45) is 0 Å². The van der Waals surface area contributed by atoms with Gasteiger partial charge in [0.25, 0.3) is 5.91 Å². The molecule has 0 saturated heterocycles. The van der Waals surface area contributed by atoms with E-state index >= 15 is 0 Å². The third-order valence-corrected chi connectivity index (χ3v) is 8.27. The second-order valence-electron chi connectivity index (χ2n) is 12.6. The monoisotopic (exact) mass is 766 g/mol. The maximum Gasteiger partial charge on any atom is 0.329 e. The van der Waals surface area contributed by atoms with Crippen LogP contribution in [-0.2, 0) is 23.9 Å². The average Bonchev–Trinajstić information content (AvgIpc) is 3.21. The highest BCUT2D eigenvalue weighted by molar-refractivity contribution is 6.10. The van der Waals surface area contributed by atoms with Crippen molar-refractivity contribution in [1.29, 1.82) is 0 Å². The number of hydrogen-bond donors (Lipinski definition) is 4. The summed E-state index contributed by atoms with van der Waals surface area (Å²) in [5, 5.41) is 10.8. The molecule has 12 nitrogen and oxygen atoms in total. The van der Waals surface area contributed by atoms with E-state index in [2.05, 4.69) is 21.3 Å². The summed E-state index contributed by atoms with van der Waals surface area (Å²) in [7, 11) is 1.66. The maximum absolute atomic E-state index is 13.7. The lowest BCUT2D eigenvalue weighted by Gasteiger charge is -2.23. The predicted octanol–water partition coefficient (Wildman–Crippen LogP) is 7.04. The summed E-state index contributed by atoms with van der Waals surface area (Å²) in [6, 6.07) is 18.8. The number of nitrogens with one attached hydrogen (secondary N) is 4. The highest BCUT2D eigenvalue weighted by Gasteiger charge is 2.32. The lowest BCUT2D eigenvalue weighted by atomic mass is 9.99. The van der Waals surface area contributed by atoms with E-state index in [4.69, 9.17) is 4.74 Å². The largest absolute Gasteiger partial charge is 0.464 e. The number of esters is 1. The standard InChI is InChI=1S/C36H42N4O7.C8H12O/c1-4-6-21-47-36(46)30(23-32(42)25-17-10-12-19-27(25)37-3)40-35(45)29(38-33(43)14-5-2)22-31(41)26-18-11-13-20-28(26)39-34(44)24-15-8-7-9-16-24;1-3-5-6-8(4-2)7-9/h7-13,15-20,29-30,37H,4-6,14,21-23H2,1-3H3,(H,38,43)(H,39,44)(H,40,45);4-7H,3H2,1-2H3/b;6-5-,8-4+. The van der Waals surface area contributed by atoms with Gasteiger partial charge < -0.3 is 26.0 Å². The number of ether oxygens (including phenoxy) is 1. The van der Waals surface area contributed by atoms with E-state index in [0.717, 1.165) is 24.7 Å². The van der Waals surface area contributed by atoms with E-state index in [1.807, 2.05) is 32.9 Å². The quantitative estimate of drug-likeness (QED) is 0.0221. The van der Waals surface area contributed by atoms with Crippen molar-refractivity contribution in [3.05, 3.63) is 119 Å². The van der Waals surface area contributed by atoms with Crippen LogP contribution >= 0.6 is 0 Å². The molecule has 0 aliphatic heterocycles. The van der Waals surface area contributed by atoms with Gasteiger partial charge in [0.2, 0.25) is 11.8 Å². The van der Waals surface area contributed by atoms with Crippen LogP contribution in [0, 0.1) is 0 Å². The molecule has 0 aromatic heterocycles. The molecule has 3 amide bonds. The molecule has 3 rings (SSSR count). The van der Waals surface area contributed by atoms with Crippen LogP contribution in [0.25, 0.3) is 0 Å². The Morgan fingerprint density at radius 2 is 1.32 bits per heavy atom. The number of ketones is 2. The number of para-hydroxylation sites is 2. The topological polar surface area (TPSA) is 177 Å². The van der Waals surface area contributed by atoms with E-state index in [1.54, 1.807) is 92.8 Å². The molecule has 0 aliphatic rings. The summed E-state index contributed by atoms with van der Waals surface area (Å²) in [6.07, 6.45) is 8.47. The number of unbranched alkanes of at least 4 members (excludes halogenated alkanes) is 1. The molecule has 0 saturated carbocycles. The van der Waals surface area contributed by atoms with Gasteiger partial charge in [-0.1, -0.05) is 87.9 Å². The molecule has 0 fully saturated rings. The summed E-state index contributed by atoms with van der Waals surface area (Å²) in [4.78, 5) is 89.4. The fourth-order valence-corrected chi connectivity index (χ4v) is 5.20. The Labute approximate surface area is 329 Å². The molecule has 3 aromatic rings. The number of Topliss-reactive ketones (excluding diaryl/α,β-unsaturated/α-hetero) is 2. The normalized spacial score (nSPS) is 11.9. The third-order valence-electron chi connectivity index (χ3n) is 8.27. The highest BCUT2D eigenvalue weighted by Crippen LogP contribution is 2.20. The number of hydrogen-bond acceptors (Lipinski definition) is 9. The first kappa shape index (κ1) is 46.0. The van der Waals surface area contributed by atoms with Crippen LogP contribution in [0.3, 0.4) is 0 Å². The molecular formula is C44H54N4O8. The number of benzene rings is 3. The Morgan fingerprint density at radius 1 is 0.732 bits per heavy atom. The van der Waals surface area contributed by atoms with E-state index in [-0.39, 0.29) is 24.3 Å². The Balaban J connectivity index is 0.00000107. The molecule has 0 bridgehead atoms. The van der Waals surface area contributed by atoms with Gasteiger partial charge in [0, 0.05) is 54.3 Å². The Morgan fingerprint density at radius 3 is 1.89 bits per heavy atom. The average molecular weight is 767 g/mol. The minimum absolute atomic E-state index is 0.101. The van der Waals surface area contributed by atoms with Gasteiger partial charge in [-0.15, -0.1) is 0 Å². The van der Waals surface area contributed by atoms with Crippen molar-refractivity contribution in [2.45, 2.75) is 84.7 Å². The van der Waals surface area contributed by atoms with Crippen molar-refractivity contribution in [2.75, 3.05) is 24.3 Å². The van der Waals surface area contributed by atoms with Crippen molar-refractivity contribution in [3.63, 3.8) is 0 Å². The Bertz CT molecular complexity index is 1840. The first-order valence-electron chi connectivity index (χ1n) is 18.9. The van der Waals surface area contributed by atoms with Crippen molar-refractivity contribution >= 4 is 52.9 Å². The molecule has 3 aromatic carbocycles. The molecule has 4 N–H and O–H groups in total. The van der Waals surface area contributed by atoms with E-state index in [1.165, 1.54) is 6.07 Å². The molecule has 0 heterocycles. The second kappa shape index (κ2) is 25.8. The number of amides is 3. The molecule has 2 atom stereocenters. The van der Waals surface area contributed by atoms with Crippen LogP contribution in [0.5, 0.6) is 0 Å². The first-order valence-corrected chi connectivity index (χ1v) is 18.9. The van der Waals surface area contributed by atoms with Crippen molar-refractivity contribution in [3.8, 4) is 0 Å². The summed E-state index contributed by atoms with van der Waals surface area (Å²) in [5.41, 5.74) is 2.38. The number of allylic oxidation sites excluding steroid dienone is 4. The van der Waals surface area contributed by atoms with E-state index in [0.29, 0.717) is 29.7 Å². The van der Waals surface area contributed by atoms with Gasteiger partial charge in [-0.3, -0.25) is 28.8 Å². The molecule has 0 aliphatic carbocycles. The fraction of sp³-hybridized carbons (Fsp3) is 0.341. The zero-order valence-corrected chi connectivity index (χ0v) is 32.9. The van der Waals surface area contributed by atoms with Crippen molar-refractivity contribution in [1.82, 2.24) is 10.6 Å². The molecule has 0 radical (unpaired) electrons. The molecule has 12 heteroatoms. The first-order chi connectivity index (χ1) is 27.0. The van der Waals surface area contributed by atoms with Crippen LogP contribution < -0.4 is 21.3 Å². The summed E-state index contributed by atoms with van der Waals surface area (Å²) in [6.45, 7) is 7.71. The van der Waals surface area contributed by atoms with Gasteiger partial charge in [0.05, 0.1) is 12.3 Å². The Hall–Kier alpha value is -6.17. The van der Waals surface area contributed by atoms with Crippen LogP contribution in [0.1, 0.15) is 104 Å². The minimum atomic E-state index is -1.38. The number of aldehydes is 1. The number of anilines is 2. The second-order valence-corrected chi connectivity index (χ2v) is 12.6. The number of rotatable bonds is 21. The van der Waals surface area contributed by atoms with Crippen LogP contribution in [0.2, 0.25) is 0 Å². The van der Waals surface area contributed by atoms with Crippen LogP contribution in [-0.4, -0.2) is 67.3 Å². The van der Waals surface area contributed by atoms with Crippen LogP contribution in [0.15, 0.2) is 103 Å². The fourth-order valence-electron chi connectivity index (χ4n) is 5.20. The van der Waals surface area contributed by atoms with Gasteiger partial charge in [-0.05, 0) is 62.6 Å². The smallest absolute Gasteiger partial charge is 0.329 e. The zero-order valence-electron chi connectivity index (χ0n) is 32.9. The summed E-state index contributed by atoms with van der Waals surface area (Å²) in [5.74, 6) is -3.48. The van der Waals surface area contributed by atoms with Gasteiger partial charge >= 0.3 is 5.97 Å². The molecule has 0 spiro atoms. The Kier molecular flexibility index (Phi) is 21.2. The minimum Gasteiger partial charge on any atom is -0.464 e. The molecular weight excluding hydrogens is 713 g/mol. The zero-order chi connectivity index (χ0) is 41.3. The van der Waals surface area contributed by atoms with Gasteiger partial charge in [0.15, 0.2) is 11.6 Å². The summed E-state index contributed by atoms with van der Waals surface area (Å²) < 4.78 is 5.36. The van der Waals surface area contributed by atoms with Gasteiger partial charge in [0.1, 0.15) is 18.4 Å². The van der Waals surface area contributed by atoms with Gasteiger partial charge in [-0.2, -0.15) is 0 Å². The lowest BCUT2D eigenvalue weighted by Crippen LogP contribution is -2.53. The van der Waals surface area contributed by atoms with E-state index in [9.17, 15) is 33.6 Å². The maximum atomic E-state index is 13.7. The van der Waals surface area contributed by atoms with Crippen molar-refractivity contribution < 1.29 is 38.3 Å². The van der Waals surface area contributed by atoms with Gasteiger partial charge in [-0.25, -0.2) is 4.79 Å². The number of carbonyl (C=O) groups excluding carboxylic acids is 7. The van der Waals surface area contributed by atoms with E-state index < -0.39 is 60.2 Å². The number of carbonyl (C=O) groups is 7. The SMILES string of the molecule is C/C=C(C=O)\C=C/CC.CCCCOC(=O)C(CC(=O)c1ccccc1NC)NC(=O)C(CC(=O)c1ccccc1NC(=O)c1ccccc1)NC(=O)CCC.